The van der Waals surface area contributed by atoms with Gasteiger partial charge in [-0.1, -0.05) is 117 Å². The summed E-state index contributed by atoms with van der Waals surface area (Å²) in [5.74, 6) is 0.486. The predicted molar refractivity (Wildman–Crippen MR) is 110 cm³/mol. The molecule has 0 aliphatic carbocycles. The van der Waals surface area contributed by atoms with E-state index < -0.39 is 0 Å². The van der Waals surface area contributed by atoms with Crippen LogP contribution in [-0.4, -0.2) is 12.6 Å². The van der Waals surface area contributed by atoms with Crippen molar-refractivity contribution in [3.05, 3.63) is 0 Å². The quantitative estimate of drug-likeness (QED) is 0.174. The van der Waals surface area contributed by atoms with Crippen LogP contribution in [0.2, 0.25) is 0 Å². The van der Waals surface area contributed by atoms with Gasteiger partial charge in [0.25, 0.3) is 0 Å². The van der Waals surface area contributed by atoms with E-state index in [4.69, 9.17) is 4.74 Å². The fourth-order valence-electron chi connectivity index (χ4n) is 3.07. The van der Waals surface area contributed by atoms with E-state index in [0.29, 0.717) is 18.9 Å². The summed E-state index contributed by atoms with van der Waals surface area (Å²) in [4.78, 5) is 11.6. The van der Waals surface area contributed by atoms with E-state index in [1.807, 2.05) is 0 Å². The van der Waals surface area contributed by atoms with Gasteiger partial charge in [0, 0.05) is 6.42 Å². The molecule has 0 radical (unpaired) electrons. The third kappa shape index (κ3) is 19.6. The maximum absolute atomic E-state index is 11.6. The molecule has 2 heteroatoms. The number of carbonyl (C=O) groups excluding carboxylic acids is 1. The van der Waals surface area contributed by atoms with Gasteiger partial charge in [-0.05, 0) is 12.3 Å². The van der Waals surface area contributed by atoms with Crippen LogP contribution in [0, 0.1) is 5.92 Å². The van der Waals surface area contributed by atoms with Crippen molar-refractivity contribution in [2.45, 2.75) is 130 Å². The Balaban J connectivity index is 3.12. The molecule has 0 N–H and O–H groups in total. The molecule has 1 atom stereocenters. The monoisotopic (exact) mass is 354 g/mol. The van der Waals surface area contributed by atoms with Gasteiger partial charge in [-0.15, -0.1) is 0 Å². The summed E-state index contributed by atoms with van der Waals surface area (Å²) in [6.07, 6.45) is 22.0. The Morgan fingerprint density at radius 1 is 0.680 bits per heavy atom. The molecular weight excluding hydrogens is 308 g/mol. The Morgan fingerprint density at radius 3 is 1.48 bits per heavy atom. The van der Waals surface area contributed by atoms with Crippen molar-refractivity contribution < 1.29 is 9.53 Å². The van der Waals surface area contributed by atoms with Gasteiger partial charge in [0.15, 0.2) is 0 Å². The number of hydrogen-bond acceptors (Lipinski definition) is 2. The first-order valence-corrected chi connectivity index (χ1v) is 11.4. The highest BCUT2D eigenvalue weighted by Crippen LogP contribution is 2.14. The van der Waals surface area contributed by atoms with E-state index in [2.05, 4.69) is 20.8 Å². The number of esters is 1. The summed E-state index contributed by atoms with van der Waals surface area (Å²) in [5, 5.41) is 0. The first kappa shape index (κ1) is 24.5. The average molecular weight is 355 g/mol. The fraction of sp³-hybridized carbons (Fsp3) is 0.957. The van der Waals surface area contributed by atoms with E-state index in [0.717, 1.165) is 12.8 Å². The van der Waals surface area contributed by atoms with Gasteiger partial charge >= 0.3 is 5.97 Å². The molecule has 0 heterocycles. The van der Waals surface area contributed by atoms with Crippen LogP contribution in [0.5, 0.6) is 0 Å². The number of hydrogen-bond donors (Lipinski definition) is 0. The molecule has 0 saturated carbocycles. The number of rotatable bonds is 19. The van der Waals surface area contributed by atoms with Crippen LogP contribution in [0.25, 0.3) is 0 Å². The van der Waals surface area contributed by atoms with Crippen LogP contribution >= 0.6 is 0 Å². The molecule has 0 rings (SSSR count). The Kier molecular flexibility index (Phi) is 19.4. The minimum Gasteiger partial charge on any atom is -0.465 e. The lowest BCUT2D eigenvalue weighted by Gasteiger charge is -2.09. The van der Waals surface area contributed by atoms with E-state index in [1.165, 1.54) is 89.9 Å². The zero-order chi connectivity index (χ0) is 18.6. The Labute approximate surface area is 158 Å². The summed E-state index contributed by atoms with van der Waals surface area (Å²) in [6, 6.07) is 0. The van der Waals surface area contributed by atoms with Gasteiger partial charge < -0.3 is 4.74 Å². The minimum absolute atomic E-state index is 0.00464. The standard InChI is InChI=1S/C23H46O2/c1-4-6-7-8-9-10-11-12-13-14-15-16-17-18-19-20-23(24)25-21-22(3)5-2/h22H,4-21H2,1-3H3/t22-/m0/s1. The smallest absolute Gasteiger partial charge is 0.305 e. The second-order valence-corrected chi connectivity index (χ2v) is 7.90. The molecule has 0 unspecified atom stereocenters. The molecule has 0 spiro atoms. The molecule has 150 valence electrons. The third-order valence-electron chi connectivity index (χ3n) is 5.21. The SMILES string of the molecule is CCCCCCCCCCCCCCCCCC(=O)OC[C@@H](C)CC. The fourth-order valence-corrected chi connectivity index (χ4v) is 3.07. The first-order valence-electron chi connectivity index (χ1n) is 11.4. The molecule has 0 aromatic heterocycles. The Morgan fingerprint density at radius 2 is 1.08 bits per heavy atom. The van der Waals surface area contributed by atoms with Gasteiger partial charge in [0.2, 0.25) is 0 Å². The van der Waals surface area contributed by atoms with Gasteiger partial charge in [0.1, 0.15) is 0 Å². The molecule has 0 aromatic carbocycles. The summed E-state index contributed by atoms with van der Waals surface area (Å²) in [5.41, 5.74) is 0. The van der Waals surface area contributed by atoms with Crippen molar-refractivity contribution in [2.24, 2.45) is 5.92 Å². The zero-order valence-corrected chi connectivity index (χ0v) is 17.6. The highest BCUT2D eigenvalue weighted by atomic mass is 16.5. The normalized spacial score (nSPS) is 12.3. The molecular formula is C23H46O2. The second kappa shape index (κ2) is 19.8. The highest BCUT2D eigenvalue weighted by molar-refractivity contribution is 5.69. The molecule has 0 aromatic rings. The van der Waals surface area contributed by atoms with E-state index in [1.54, 1.807) is 0 Å². The van der Waals surface area contributed by atoms with Crippen LogP contribution in [0.4, 0.5) is 0 Å². The molecule has 0 aliphatic rings. The van der Waals surface area contributed by atoms with Crippen LogP contribution in [0.15, 0.2) is 0 Å². The average Bonchev–Trinajstić information content (AvgIpc) is 2.62. The zero-order valence-electron chi connectivity index (χ0n) is 17.6. The Bertz CT molecular complexity index is 275. The third-order valence-corrected chi connectivity index (χ3v) is 5.21. The largest absolute Gasteiger partial charge is 0.465 e. The van der Waals surface area contributed by atoms with Crippen LogP contribution < -0.4 is 0 Å². The number of ether oxygens (including phenoxy) is 1. The molecule has 25 heavy (non-hydrogen) atoms. The van der Waals surface area contributed by atoms with Crippen LogP contribution in [-0.2, 0) is 9.53 Å². The van der Waals surface area contributed by atoms with Crippen molar-refractivity contribution in [1.29, 1.82) is 0 Å². The van der Waals surface area contributed by atoms with Crippen molar-refractivity contribution >= 4 is 5.97 Å². The molecule has 0 aliphatic heterocycles. The van der Waals surface area contributed by atoms with Crippen LogP contribution in [0.1, 0.15) is 130 Å². The first-order chi connectivity index (χ1) is 12.2. The maximum Gasteiger partial charge on any atom is 0.305 e. The summed E-state index contributed by atoms with van der Waals surface area (Å²) >= 11 is 0. The lowest BCUT2D eigenvalue weighted by molar-refractivity contribution is -0.145. The van der Waals surface area contributed by atoms with E-state index >= 15 is 0 Å². The molecule has 0 amide bonds. The summed E-state index contributed by atoms with van der Waals surface area (Å²) in [6.45, 7) is 7.13. The summed E-state index contributed by atoms with van der Waals surface area (Å²) < 4.78 is 5.27. The number of unbranched alkanes of at least 4 members (excludes halogenated alkanes) is 14. The van der Waals surface area contributed by atoms with Crippen molar-refractivity contribution in [2.75, 3.05) is 6.61 Å². The minimum atomic E-state index is -0.00464. The van der Waals surface area contributed by atoms with Gasteiger partial charge in [0.05, 0.1) is 6.61 Å². The highest BCUT2D eigenvalue weighted by Gasteiger charge is 2.05. The maximum atomic E-state index is 11.6. The van der Waals surface area contributed by atoms with Gasteiger partial charge in [-0.25, -0.2) is 0 Å². The van der Waals surface area contributed by atoms with Crippen molar-refractivity contribution in [1.82, 2.24) is 0 Å². The predicted octanol–water partition coefficient (Wildman–Crippen LogP) is 7.84. The van der Waals surface area contributed by atoms with E-state index in [9.17, 15) is 4.79 Å². The Hall–Kier alpha value is -0.530. The van der Waals surface area contributed by atoms with Crippen molar-refractivity contribution in [3.63, 3.8) is 0 Å². The second-order valence-electron chi connectivity index (χ2n) is 7.90. The molecule has 2 nitrogen and oxygen atoms in total. The molecule has 0 saturated heterocycles. The van der Waals surface area contributed by atoms with Gasteiger partial charge in [-0.3, -0.25) is 4.79 Å². The molecule has 0 fully saturated rings. The summed E-state index contributed by atoms with van der Waals surface area (Å²) in [7, 11) is 0. The number of carbonyl (C=O) groups is 1. The lowest BCUT2D eigenvalue weighted by Crippen LogP contribution is -2.11. The topological polar surface area (TPSA) is 26.3 Å². The van der Waals surface area contributed by atoms with Crippen LogP contribution in [0.3, 0.4) is 0 Å². The van der Waals surface area contributed by atoms with Crippen molar-refractivity contribution in [3.8, 4) is 0 Å². The van der Waals surface area contributed by atoms with E-state index in [-0.39, 0.29) is 5.97 Å². The van der Waals surface area contributed by atoms with Gasteiger partial charge in [-0.2, -0.15) is 0 Å². The lowest BCUT2D eigenvalue weighted by atomic mass is 10.0. The molecule has 0 bridgehead atoms.